The van der Waals surface area contributed by atoms with Crippen LogP contribution >= 0.6 is 0 Å². The molecule has 0 radical (unpaired) electrons. The van der Waals surface area contributed by atoms with Crippen molar-refractivity contribution in [3.63, 3.8) is 0 Å². The number of oxazole rings is 1. The molecule has 0 saturated heterocycles. The summed E-state index contributed by atoms with van der Waals surface area (Å²) in [6, 6.07) is 6.26. The van der Waals surface area contributed by atoms with E-state index in [-0.39, 0.29) is 0 Å². The summed E-state index contributed by atoms with van der Waals surface area (Å²) in [6.45, 7) is 6.25. The molecule has 0 amide bonds. The van der Waals surface area contributed by atoms with E-state index < -0.39 is 0 Å². The van der Waals surface area contributed by atoms with Gasteiger partial charge in [0, 0.05) is 18.8 Å². The Bertz CT molecular complexity index is 486. The molecule has 1 heterocycles. The largest absolute Gasteiger partial charge is 0.423 e. The SMILES string of the molecule is CCCN(CCC)c1nc2cc(N)ccc2o1. The zero-order valence-electron chi connectivity index (χ0n) is 10.4. The lowest BCUT2D eigenvalue weighted by atomic mass is 10.3. The van der Waals surface area contributed by atoms with Gasteiger partial charge in [-0.3, -0.25) is 0 Å². The summed E-state index contributed by atoms with van der Waals surface area (Å²) in [4.78, 5) is 6.67. The molecule has 4 heteroatoms. The van der Waals surface area contributed by atoms with Gasteiger partial charge < -0.3 is 15.1 Å². The average Bonchev–Trinajstić information content (AvgIpc) is 2.71. The molecule has 2 rings (SSSR count). The number of benzene rings is 1. The van der Waals surface area contributed by atoms with Crippen molar-refractivity contribution in [1.82, 2.24) is 4.98 Å². The number of fused-ring (bicyclic) bond motifs is 1. The quantitative estimate of drug-likeness (QED) is 0.806. The molecule has 2 N–H and O–H groups in total. The third kappa shape index (κ3) is 2.52. The molecule has 0 unspecified atom stereocenters. The van der Waals surface area contributed by atoms with E-state index in [9.17, 15) is 0 Å². The number of anilines is 2. The molecule has 0 aliphatic heterocycles. The number of rotatable bonds is 5. The molecular weight excluding hydrogens is 214 g/mol. The molecule has 0 aliphatic carbocycles. The minimum atomic E-state index is 0.703. The molecule has 1 aromatic heterocycles. The molecule has 2 aromatic rings. The fourth-order valence-electron chi connectivity index (χ4n) is 1.91. The summed E-state index contributed by atoms with van der Waals surface area (Å²) in [5.74, 6) is 0. The molecule has 17 heavy (non-hydrogen) atoms. The molecule has 1 aromatic carbocycles. The Kier molecular flexibility index (Phi) is 3.52. The van der Waals surface area contributed by atoms with Gasteiger partial charge in [0.15, 0.2) is 5.58 Å². The van der Waals surface area contributed by atoms with Crippen LogP contribution in [0.25, 0.3) is 11.1 Å². The van der Waals surface area contributed by atoms with Gasteiger partial charge in [-0.25, -0.2) is 0 Å². The lowest BCUT2D eigenvalue weighted by Gasteiger charge is -2.18. The minimum absolute atomic E-state index is 0.703. The highest BCUT2D eigenvalue weighted by Gasteiger charge is 2.12. The Morgan fingerprint density at radius 2 is 1.94 bits per heavy atom. The van der Waals surface area contributed by atoms with Crippen molar-refractivity contribution in [3.8, 4) is 0 Å². The summed E-state index contributed by atoms with van der Waals surface area (Å²) in [5.41, 5.74) is 8.08. The van der Waals surface area contributed by atoms with E-state index >= 15 is 0 Å². The molecule has 0 fully saturated rings. The van der Waals surface area contributed by atoms with E-state index in [1.165, 1.54) is 0 Å². The number of nitrogens with two attached hydrogens (primary N) is 1. The van der Waals surface area contributed by atoms with Crippen molar-refractivity contribution >= 4 is 22.8 Å². The van der Waals surface area contributed by atoms with Crippen molar-refractivity contribution in [1.29, 1.82) is 0 Å². The first kappa shape index (κ1) is 11.8. The topological polar surface area (TPSA) is 55.3 Å². The van der Waals surface area contributed by atoms with E-state index in [0.717, 1.165) is 42.7 Å². The highest BCUT2D eigenvalue weighted by molar-refractivity contribution is 5.78. The molecule has 92 valence electrons. The number of hydrogen-bond acceptors (Lipinski definition) is 4. The maximum Gasteiger partial charge on any atom is 0.298 e. The first-order valence-electron chi connectivity index (χ1n) is 6.15. The van der Waals surface area contributed by atoms with Crippen molar-refractivity contribution in [2.24, 2.45) is 0 Å². The second-order valence-corrected chi connectivity index (χ2v) is 4.21. The maximum absolute atomic E-state index is 5.75. The predicted octanol–water partition coefficient (Wildman–Crippen LogP) is 3.04. The van der Waals surface area contributed by atoms with Crippen LogP contribution in [-0.2, 0) is 0 Å². The molecule has 0 bridgehead atoms. The molecular formula is C13H19N3O. The first-order valence-corrected chi connectivity index (χ1v) is 6.15. The van der Waals surface area contributed by atoms with Crippen LogP contribution in [0.4, 0.5) is 11.7 Å². The van der Waals surface area contributed by atoms with Crippen molar-refractivity contribution in [3.05, 3.63) is 18.2 Å². The van der Waals surface area contributed by atoms with Gasteiger partial charge in [-0.1, -0.05) is 13.8 Å². The number of aromatic nitrogens is 1. The summed E-state index contributed by atoms with van der Waals surface area (Å²) in [5, 5.41) is 0. The Hall–Kier alpha value is -1.71. The van der Waals surface area contributed by atoms with Gasteiger partial charge in [0.25, 0.3) is 6.01 Å². The number of hydrogen-bond donors (Lipinski definition) is 1. The normalized spacial score (nSPS) is 10.9. The van der Waals surface area contributed by atoms with Crippen LogP contribution in [0.1, 0.15) is 26.7 Å². The lowest BCUT2D eigenvalue weighted by molar-refractivity contribution is 0.560. The van der Waals surface area contributed by atoms with E-state index in [1.807, 2.05) is 18.2 Å². The van der Waals surface area contributed by atoms with Crippen molar-refractivity contribution < 1.29 is 4.42 Å². The van der Waals surface area contributed by atoms with Crippen molar-refractivity contribution in [2.75, 3.05) is 23.7 Å². The third-order valence-electron chi connectivity index (χ3n) is 2.66. The van der Waals surface area contributed by atoms with Crippen LogP contribution in [0, 0.1) is 0 Å². The second-order valence-electron chi connectivity index (χ2n) is 4.21. The summed E-state index contributed by atoms with van der Waals surface area (Å²) >= 11 is 0. The summed E-state index contributed by atoms with van der Waals surface area (Å²) in [6.07, 6.45) is 2.17. The van der Waals surface area contributed by atoms with Crippen LogP contribution in [0.15, 0.2) is 22.6 Å². The highest BCUT2D eigenvalue weighted by atomic mass is 16.4. The predicted molar refractivity (Wildman–Crippen MR) is 71.2 cm³/mol. The second kappa shape index (κ2) is 5.08. The van der Waals surface area contributed by atoms with E-state index in [4.69, 9.17) is 10.2 Å². The standard InChI is InChI=1S/C13H19N3O/c1-3-7-16(8-4-2)13-15-11-9-10(14)5-6-12(11)17-13/h5-6,9H,3-4,7-8,14H2,1-2H3. The molecule has 0 aliphatic rings. The minimum Gasteiger partial charge on any atom is -0.423 e. The average molecular weight is 233 g/mol. The monoisotopic (exact) mass is 233 g/mol. The number of nitrogen functional groups attached to an aromatic ring is 1. The van der Waals surface area contributed by atoms with Gasteiger partial charge >= 0.3 is 0 Å². The molecule has 4 nitrogen and oxygen atoms in total. The Morgan fingerprint density at radius 1 is 1.24 bits per heavy atom. The van der Waals surface area contributed by atoms with E-state index in [0.29, 0.717) is 6.01 Å². The maximum atomic E-state index is 5.75. The third-order valence-corrected chi connectivity index (χ3v) is 2.66. The van der Waals surface area contributed by atoms with Gasteiger partial charge in [0.05, 0.1) is 0 Å². The van der Waals surface area contributed by atoms with E-state index in [1.54, 1.807) is 0 Å². The van der Waals surface area contributed by atoms with E-state index in [2.05, 4.69) is 23.7 Å². The van der Waals surface area contributed by atoms with Gasteiger partial charge in [-0.2, -0.15) is 4.98 Å². The zero-order chi connectivity index (χ0) is 12.3. The van der Waals surface area contributed by atoms with Crippen LogP contribution < -0.4 is 10.6 Å². The van der Waals surface area contributed by atoms with Crippen molar-refractivity contribution in [2.45, 2.75) is 26.7 Å². The first-order chi connectivity index (χ1) is 8.24. The van der Waals surface area contributed by atoms with Crippen LogP contribution in [-0.4, -0.2) is 18.1 Å². The van der Waals surface area contributed by atoms with Crippen LogP contribution in [0.5, 0.6) is 0 Å². The van der Waals surface area contributed by atoms with Gasteiger partial charge in [0.1, 0.15) is 5.52 Å². The van der Waals surface area contributed by atoms with Gasteiger partial charge in [0.2, 0.25) is 0 Å². The highest BCUT2D eigenvalue weighted by Crippen LogP contribution is 2.23. The molecule has 0 spiro atoms. The fourth-order valence-corrected chi connectivity index (χ4v) is 1.91. The molecule has 0 saturated carbocycles. The summed E-state index contributed by atoms with van der Waals surface area (Å²) in [7, 11) is 0. The Morgan fingerprint density at radius 3 is 2.59 bits per heavy atom. The van der Waals surface area contributed by atoms with Gasteiger partial charge in [-0.05, 0) is 31.0 Å². The fraction of sp³-hybridized carbons (Fsp3) is 0.462. The summed E-state index contributed by atoms with van der Waals surface area (Å²) < 4.78 is 5.75. The number of nitrogens with zero attached hydrogens (tertiary/aromatic N) is 2. The Balaban J connectivity index is 2.33. The lowest BCUT2D eigenvalue weighted by Crippen LogP contribution is -2.24. The Labute approximate surface area is 101 Å². The van der Waals surface area contributed by atoms with Gasteiger partial charge in [-0.15, -0.1) is 0 Å². The van der Waals surface area contributed by atoms with Crippen LogP contribution in [0.2, 0.25) is 0 Å². The molecule has 0 atom stereocenters. The van der Waals surface area contributed by atoms with Crippen LogP contribution in [0.3, 0.4) is 0 Å². The smallest absolute Gasteiger partial charge is 0.298 e. The zero-order valence-corrected chi connectivity index (χ0v) is 10.4.